The highest BCUT2D eigenvalue weighted by atomic mass is 32.1. The van der Waals surface area contributed by atoms with Crippen molar-refractivity contribution in [3.05, 3.63) is 65.0 Å². The van der Waals surface area contributed by atoms with E-state index in [1.54, 1.807) is 11.3 Å². The topological polar surface area (TPSA) is 41.6 Å². The maximum atomic E-state index is 12.5. The second-order valence-corrected chi connectivity index (χ2v) is 7.64. The first-order chi connectivity index (χ1) is 12.7. The molecule has 0 aliphatic carbocycles. The second kappa shape index (κ2) is 7.48. The third-order valence-corrected chi connectivity index (χ3v) is 5.72. The van der Waals surface area contributed by atoms with Crippen molar-refractivity contribution in [1.82, 2.24) is 10.2 Å². The Labute approximate surface area is 157 Å². The summed E-state index contributed by atoms with van der Waals surface area (Å²) in [6.45, 7) is 1.78. The molecule has 4 nitrogen and oxygen atoms in total. The van der Waals surface area contributed by atoms with Crippen LogP contribution in [0.5, 0.6) is 5.75 Å². The quantitative estimate of drug-likeness (QED) is 0.743. The zero-order valence-electron chi connectivity index (χ0n) is 14.8. The smallest absolute Gasteiger partial charge is 0.234 e. The van der Waals surface area contributed by atoms with E-state index >= 15 is 0 Å². The van der Waals surface area contributed by atoms with Gasteiger partial charge in [-0.05, 0) is 35.5 Å². The Balaban J connectivity index is 1.38. The number of hydrogen-bond donors (Lipinski definition) is 1. The summed E-state index contributed by atoms with van der Waals surface area (Å²) in [4.78, 5) is 14.6. The number of nitrogens with zero attached hydrogens (tertiary/aromatic N) is 1. The number of carbonyl (C=O) groups is 1. The van der Waals surface area contributed by atoms with Gasteiger partial charge in [-0.3, -0.25) is 9.69 Å². The Hall–Kier alpha value is -2.37. The van der Waals surface area contributed by atoms with Crippen molar-refractivity contribution in [2.75, 3.05) is 20.2 Å². The molecule has 4 rings (SSSR count). The van der Waals surface area contributed by atoms with Crippen molar-refractivity contribution >= 4 is 27.3 Å². The Morgan fingerprint density at radius 1 is 1.23 bits per heavy atom. The molecule has 0 spiro atoms. The molecule has 1 aliphatic heterocycles. The van der Waals surface area contributed by atoms with Gasteiger partial charge in [-0.2, -0.15) is 0 Å². The molecule has 1 aromatic heterocycles. The minimum atomic E-state index is 0.0304. The molecule has 1 amide bonds. The van der Waals surface area contributed by atoms with Crippen molar-refractivity contribution in [2.24, 2.45) is 0 Å². The molecule has 2 heterocycles. The van der Waals surface area contributed by atoms with E-state index in [0.717, 1.165) is 24.3 Å². The van der Waals surface area contributed by atoms with Crippen LogP contribution < -0.4 is 10.1 Å². The number of thiophene rings is 1. The Kier molecular flexibility index (Phi) is 4.91. The number of nitrogens with one attached hydrogen (secondary N) is 1. The molecule has 3 aromatic rings. The zero-order chi connectivity index (χ0) is 17.9. The Morgan fingerprint density at radius 3 is 2.96 bits per heavy atom. The molecule has 26 heavy (non-hydrogen) atoms. The fraction of sp³-hybridized carbons (Fsp3) is 0.286. The summed E-state index contributed by atoms with van der Waals surface area (Å²) < 4.78 is 6.96. The van der Waals surface area contributed by atoms with Crippen LogP contribution >= 0.6 is 11.3 Å². The molecule has 1 N–H and O–H groups in total. The first-order valence-electron chi connectivity index (χ1n) is 8.85. The largest absolute Gasteiger partial charge is 0.493 e. The molecule has 1 aliphatic rings. The lowest BCUT2D eigenvalue weighted by atomic mass is 10.0. The average Bonchev–Trinajstić information content (AvgIpc) is 3.05. The highest BCUT2D eigenvalue weighted by molar-refractivity contribution is 7.17. The van der Waals surface area contributed by atoms with Crippen LogP contribution in [0.3, 0.4) is 0 Å². The molecule has 5 heteroatoms. The summed E-state index contributed by atoms with van der Waals surface area (Å²) in [6, 6.07) is 16.4. The molecule has 134 valence electrons. The number of amides is 1. The molecule has 0 saturated heterocycles. The van der Waals surface area contributed by atoms with Gasteiger partial charge >= 0.3 is 0 Å². The van der Waals surface area contributed by atoms with Crippen LogP contribution in [-0.4, -0.2) is 31.0 Å². The predicted octanol–water partition coefficient (Wildman–Crippen LogP) is 3.97. The van der Waals surface area contributed by atoms with Crippen LogP contribution in [0, 0.1) is 0 Å². The van der Waals surface area contributed by atoms with Crippen molar-refractivity contribution in [3.8, 4) is 5.75 Å². The summed E-state index contributed by atoms with van der Waals surface area (Å²) in [5.74, 6) is 0.927. The average molecular weight is 366 g/mol. The van der Waals surface area contributed by atoms with Crippen molar-refractivity contribution in [3.63, 3.8) is 0 Å². The van der Waals surface area contributed by atoms with Crippen molar-refractivity contribution in [1.29, 1.82) is 0 Å². The summed E-state index contributed by atoms with van der Waals surface area (Å²) in [5.41, 5.74) is 2.34. The maximum Gasteiger partial charge on any atom is 0.234 e. The number of carbonyl (C=O) groups excluding carboxylic acids is 1. The van der Waals surface area contributed by atoms with E-state index in [4.69, 9.17) is 4.74 Å². The molecule has 0 bridgehead atoms. The van der Waals surface area contributed by atoms with Gasteiger partial charge in [0.1, 0.15) is 5.75 Å². The van der Waals surface area contributed by atoms with E-state index < -0.39 is 0 Å². The lowest BCUT2D eigenvalue weighted by Crippen LogP contribution is -2.38. The van der Waals surface area contributed by atoms with Crippen LogP contribution in [0.15, 0.2) is 53.9 Å². The van der Waals surface area contributed by atoms with Gasteiger partial charge in [-0.25, -0.2) is 0 Å². The standard InChI is InChI=1S/C21H22N2O2S/c1-23(12-15-14-26-20-9-5-3-6-16(15)20)13-21(24)22-18-10-11-25-19-8-4-2-7-17(18)19/h2-9,14,18H,10-13H2,1H3,(H,22,24). The Morgan fingerprint density at radius 2 is 2.04 bits per heavy atom. The number of rotatable bonds is 5. The lowest BCUT2D eigenvalue weighted by Gasteiger charge is -2.27. The van der Waals surface area contributed by atoms with Gasteiger partial charge in [0.25, 0.3) is 0 Å². The van der Waals surface area contributed by atoms with Crippen molar-refractivity contribution in [2.45, 2.75) is 19.0 Å². The number of likely N-dealkylation sites (N-methyl/N-ethyl adjacent to an activating group) is 1. The van der Waals surface area contributed by atoms with Crippen LogP contribution in [0.2, 0.25) is 0 Å². The predicted molar refractivity (Wildman–Crippen MR) is 106 cm³/mol. The molecule has 0 saturated carbocycles. The minimum Gasteiger partial charge on any atom is -0.493 e. The SMILES string of the molecule is CN(CC(=O)NC1CCOc2ccccc21)Cc1csc2ccccc12. The fourth-order valence-electron chi connectivity index (χ4n) is 3.48. The molecule has 0 radical (unpaired) electrons. The number of fused-ring (bicyclic) bond motifs is 2. The van der Waals surface area contributed by atoms with E-state index in [9.17, 15) is 4.79 Å². The number of hydrogen-bond acceptors (Lipinski definition) is 4. The number of para-hydroxylation sites is 1. The molecule has 1 atom stereocenters. The summed E-state index contributed by atoms with van der Waals surface area (Å²) >= 11 is 1.75. The summed E-state index contributed by atoms with van der Waals surface area (Å²) in [6.07, 6.45) is 0.807. The summed E-state index contributed by atoms with van der Waals surface area (Å²) in [5, 5.41) is 6.63. The Bertz CT molecular complexity index is 921. The first-order valence-corrected chi connectivity index (χ1v) is 9.73. The van der Waals surface area contributed by atoms with E-state index in [2.05, 4.69) is 39.9 Å². The monoisotopic (exact) mass is 366 g/mol. The van der Waals surface area contributed by atoms with Gasteiger partial charge in [0, 0.05) is 23.2 Å². The second-order valence-electron chi connectivity index (χ2n) is 6.72. The highest BCUT2D eigenvalue weighted by Crippen LogP contribution is 2.31. The van der Waals surface area contributed by atoms with E-state index in [-0.39, 0.29) is 11.9 Å². The minimum absolute atomic E-state index is 0.0304. The number of benzene rings is 2. The van der Waals surface area contributed by atoms with Crippen LogP contribution in [0.1, 0.15) is 23.6 Å². The third-order valence-electron chi connectivity index (χ3n) is 4.71. The third kappa shape index (κ3) is 3.59. The molecule has 2 aromatic carbocycles. The van der Waals surface area contributed by atoms with Gasteiger partial charge in [0.05, 0.1) is 19.2 Å². The van der Waals surface area contributed by atoms with Crippen LogP contribution in [0.25, 0.3) is 10.1 Å². The maximum absolute atomic E-state index is 12.5. The lowest BCUT2D eigenvalue weighted by molar-refractivity contribution is -0.123. The zero-order valence-corrected chi connectivity index (χ0v) is 15.6. The van der Waals surface area contributed by atoms with Gasteiger partial charge in [0.15, 0.2) is 0 Å². The van der Waals surface area contributed by atoms with Gasteiger partial charge < -0.3 is 10.1 Å². The van der Waals surface area contributed by atoms with Crippen molar-refractivity contribution < 1.29 is 9.53 Å². The molecule has 1 unspecified atom stereocenters. The molecular formula is C21H22N2O2S. The van der Waals surface area contributed by atoms with E-state index in [0.29, 0.717) is 13.2 Å². The molecular weight excluding hydrogens is 344 g/mol. The van der Waals surface area contributed by atoms with Gasteiger partial charge in [0.2, 0.25) is 5.91 Å². The molecule has 0 fully saturated rings. The van der Waals surface area contributed by atoms with E-state index in [1.807, 2.05) is 31.3 Å². The first kappa shape index (κ1) is 17.1. The van der Waals surface area contributed by atoms with Crippen LogP contribution in [0.4, 0.5) is 0 Å². The van der Waals surface area contributed by atoms with Gasteiger partial charge in [-0.15, -0.1) is 11.3 Å². The van der Waals surface area contributed by atoms with E-state index in [1.165, 1.54) is 15.6 Å². The highest BCUT2D eigenvalue weighted by Gasteiger charge is 2.23. The van der Waals surface area contributed by atoms with Gasteiger partial charge in [-0.1, -0.05) is 36.4 Å². The summed E-state index contributed by atoms with van der Waals surface area (Å²) in [7, 11) is 1.99. The van der Waals surface area contributed by atoms with Crippen LogP contribution in [-0.2, 0) is 11.3 Å². The normalized spacial score (nSPS) is 16.3. The fourth-order valence-corrected chi connectivity index (χ4v) is 4.43. The number of ether oxygens (including phenoxy) is 1.